The van der Waals surface area contributed by atoms with E-state index >= 15 is 0 Å². The summed E-state index contributed by atoms with van der Waals surface area (Å²) in [5, 5.41) is 10.9. The molecule has 0 radical (unpaired) electrons. The van der Waals surface area contributed by atoms with Crippen LogP contribution in [0.15, 0.2) is 41.3 Å². The van der Waals surface area contributed by atoms with Crippen molar-refractivity contribution in [2.45, 2.75) is 18.7 Å². The van der Waals surface area contributed by atoms with Crippen LogP contribution in [0.1, 0.15) is 21.5 Å². The summed E-state index contributed by atoms with van der Waals surface area (Å²) in [7, 11) is -4.24. The summed E-state index contributed by atoms with van der Waals surface area (Å²) in [5.74, 6) is -0.670. The SMILES string of the molecule is Cc1ccc(C(=O)NNS(=O)(=O)c2cc(Cl)c(C)c([N+](=O)[O-])c2)cc1. The molecule has 25 heavy (non-hydrogen) atoms. The average molecular weight is 384 g/mol. The van der Waals surface area contributed by atoms with Gasteiger partial charge in [0.2, 0.25) is 0 Å². The van der Waals surface area contributed by atoms with E-state index < -0.39 is 31.4 Å². The zero-order valence-corrected chi connectivity index (χ0v) is 14.8. The van der Waals surface area contributed by atoms with Crippen molar-refractivity contribution < 1.29 is 18.1 Å². The summed E-state index contributed by atoms with van der Waals surface area (Å²) >= 11 is 5.86. The number of nitro benzene ring substituents is 1. The minimum absolute atomic E-state index is 0.0700. The van der Waals surface area contributed by atoms with Crippen molar-refractivity contribution in [3.8, 4) is 0 Å². The lowest BCUT2D eigenvalue weighted by Gasteiger charge is -2.10. The summed E-state index contributed by atoms with van der Waals surface area (Å²) in [4.78, 5) is 23.7. The molecule has 8 nitrogen and oxygen atoms in total. The van der Waals surface area contributed by atoms with Gasteiger partial charge in [0.05, 0.1) is 14.8 Å². The number of hydrogen-bond donors (Lipinski definition) is 2. The number of hydrazine groups is 1. The van der Waals surface area contributed by atoms with Gasteiger partial charge in [0.25, 0.3) is 21.6 Å². The normalized spacial score (nSPS) is 11.2. The quantitative estimate of drug-likeness (QED) is 0.607. The van der Waals surface area contributed by atoms with E-state index in [0.717, 1.165) is 17.7 Å². The summed E-state index contributed by atoms with van der Waals surface area (Å²) in [5.41, 5.74) is 2.96. The average Bonchev–Trinajstić information content (AvgIpc) is 2.55. The van der Waals surface area contributed by atoms with Gasteiger partial charge in [-0.3, -0.25) is 20.3 Å². The van der Waals surface area contributed by atoms with Crippen LogP contribution in [0.5, 0.6) is 0 Å². The first kappa shape index (κ1) is 18.8. The third kappa shape index (κ3) is 4.32. The minimum Gasteiger partial charge on any atom is -0.273 e. The molecule has 2 rings (SSSR count). The van der Waals surface area contributed by atoms with Gasteiger partial charge >= 0.3 is 0 Å². The predicted octanol–water partition coefficient (Wildman–Crippen LogP) is 2.49. The van der Waals surface area contributed by atoms with E-state index in [-0.39, 0.29) is 16.1 Å². The Morgan fingerprint density at radius 2 is 1.76 bits per heavy atom. The van der Waals surface area contributed by atoms with Crippen LogP contribution in [0, 0.1) is 24.0 Å². The van der Waals surface area contributed by atoms with Crippen LogP contribution in [-0.2, 0) is 10.0 Å². The Hall–Kier alpha value is -2.49. The number of carbonyl (C=O) groups is 1. The molecule has 0 aromatic heterocycles. The second kappa shape index (κ2) is 7.18. The Morgan fingerprint density at radius 1 is 1.16 bits per heavy atom. The maximum atomic E-state index is 12.3. The number of sulfonamides is 1. The fourth-order valence-electron chi connectivity index (χ4n) is 1.93. The number of carbonyl (C=O) groups excluding carboxylic acids is 1. The number of amides is 1. The lowest BCUT2D eigenvalue weighted by Crippen LogP contribution is -2.41. The van der Waals surface area contributed by atoms with Crippen molar-refractivity contribution in [1.29, 1.82) is 0 Å². The van der Waals surface area contributed by atoms with Crippen molar-refractivity contribution in [1.82, 2.24) is 10.3 Å². The maximum absolute atomic E-state index is 12.3. The highest BCUT2D eigenvalue weighted by atomic mass is 35.5. The Balaban J connectivity index is 2.23. The van der Waals surface area contributed by atoms with E-state index in [1.807, 2.05) is 11.8 Å². The van der Waals surface area contributed by atoms with Crippen LogP contribution >= 0.6 is 11.6 Å². The molecule has 0 saturated carbocycles. The predicted molar refractivity (Wildman–Crippen MR) is 91.8 cm³/mol. The lowest BCUT2D eigenvalue weighted by atomic mass is 10.1. The zero-order valence-electron chi connectivity index (χ0n) is 13.2. The number of aryl methyl sites for hydroxylation is 1. The molecule has 2 aromatic rings. The van der Waals surface area contributed by atoms with Gasteiger partial charge in [-0.1, -0.05) is 29.3 Å². The Bertz CT molecular complexity index is 942. The molecule has 10 heteroatoms. The first-order valence-electron chi connectivity index (χ1n) is 6.95. The topological polar surface area (TPSA) is 118 Å². The maximum Gasteiger partial charge on any atom is 0.275 e. The molecule has 0 aliphatic heterocycles. The number of hydrogen-bond acceptors (Lipinski definition) is 5. The van der Waals surface area contributed by atoms with Gasteiger partial charge in [-0.15, -0.1) is 4.83 Å². The molecule has 0 heterocycles. The number of benzene rings is 2. The van der Waals surface area contributed by atoms with E-state index in [1.165, 1.54) is 19.1 Å². The molecule has 0 bridgehead atoms. The van der Waals surface area contributed by atoms with Gasteiger partial charge in [-0.2, -0.15) is 0 Å². The summed E-state index contributed by atoms with van der Waals surface area (Å²) in [6.45, 7) is 3.25. The standard InChI is InChI=1S/C15H14ClN3O5S/c1-9-3-5-11(6-4-9)15(20)17-18-25(23,24)12-7-13(16)10(2)14(8-12)19(21)22/h3-8,18H,1-2H3,(H,17,20). The molecule has 2 aromatic carbocycles. The van der Waals surface area contributed by atoms with E-state index in [2.05, 4.69) is 5.43 Å². The monoisotopic (exact) mass is 383 g/mol. The molecule has 0 aliphatic carbocycles. The smallest absolute Gasteiger partial charge is 0.273 e. The van der Waals surface area contributed by atoms with Crippen LogP contribution in [0.25, 0.3) is 0 Å². The molecule has 0 spiro atoms. The number of rotatable bonds is 5. The Morgan fingerprint density at radius 3 is 2.32 bits per heavy atom. The van der Waals surface area contributed by atoms with Gasteiger partial charge < -0.3 is 0 Å². The molecule has 0 atom stereocenters. The van der Waals surface area contributed by atoms with Gasteiger partial charge in [0.15, 0.2) is 0 Å². The highest BCUT2D eigenvalue weighted by Crippen LogP contribution is 2.29. The fourth-order valence-corrected chi connectivity index (χ4v) is 3.10. The van der Waals surface area contributed by atoms with Crippen molar-refractivity contribution in [3.63, 3.8) is 0 Å². The summed E-state index contributed by atoms with van der Waals surface area (Å²) < 4.78 is 24.5. The third-order valence-electron chi connectivity index (χ3n) is 3.41. The molecule has 0 saturated heterocycles. The van der Waals surface area contributed by atoms with E-state index in [0.29, 0.717) is 0 Å². The van der Waals surface area contributed by atoms with Crippen molar-refractivity contribution in [3.05, 3.63) is 68.2 Å². The fraction of sp³-hybridized carbons (Fsp3) is 0.133. The second-order valence-electron chi connectivity index (χ2n) is 5.23. The van der Waals surface area contributed by atoms with Crippen molar-refractivity contribution in [2.75, 3.05) is 0 Å². The van der Waals surface area contributed by atoms with Gasteiger partial charge in [-0.05, 0) is 32.0 Å². The van der Waals surface area contributed by atoms with Crippen LogP contribution in [-0.4, -0.2) is 19.2 Å². The molecule has 0 fully saturated rings. The first-order valence-corrected chi connectivity index (χ1v) is 8.81. The summed E-state index contributed by atoms with van der Waals surface area (Å²) in [6.07, 6.45) is 0. The zero-order chi connectivity index (χ0) is 18.8. The van der Waals surface area contributed by atoms with Crippen LogP contribution in [0.4, 0.5) is 5.69 Å². The van der Waals surface area contributed by atoms with Crippen LogP contribution in [0.3, 0.4) is 0 Å². The lowest BCUT2D eigenvalue weighted by molar-refractivity contribution is -0.385. The number of halogens is 1. The Kier molecular flexibility index (Phi) is 5.41. The van der Waals surface area contributed by atoms with E-state index in [1.54, 1.807) is 12.1 Å². The molecular weight excluding hydrogens is 370 g/mol. The highest BCUT2D eigenvalue weighted by molar-refractivity contribution is 7.89. The van der Waals surface area contributed by atoms with Crippen LogP contribution in [0.2, 0.25) is 5.02 Å². The minimum atomic E-state index is -4.24. The van der Waals surface area contributed by atoms with Crippen molar-refractivity contribution >= 4 is 33.2 Å². The highest BCUT2D eigenvalue weighted by Gasteiger charge is 2.23. The molecule has 0 unspecified atom stereocenters. The molecular formula is C15H14ClN3O5S. The van der Waals surface area contributed by atoms with E-state index in [4.69, 9.17) is 11.6 Å². The van der Waals surface area contributed by atoms with Crippen LogP contribution < -0.4 is 10.3 Å². The van der Waals surface area contributed by atoms with Gasteiger partial charge in [0, 0.05) is 17.2 Å². The number of nitrogens with one attached hydrogen (secondary N) is 2. The van der Waals surface area contributed by atoms with Crippen molar-refractivity contribution in [2.24, 2.45) is 0 Å². The molecule has 1 amide bonds. The molecule has 2 N–H and O–H groups in total. The first-order chi connectivity index (χ1) is 11.6. The largest absolute Gasteiger partial charge is 0.275 e. The molecule has 132 valence electrons. The third-order valence-corrected chi connectivity index (χ3v) is 5.03. The molecule has 0 aliphatic rings. The Labute approximate surface area is 149 Å². The second-order valence-corrected chi connectivity index (χ2v) is 7.32. The number of nitro groups is 1. The summed E-state index contributed by atoms with van der Waals surface area (Å²) in [6, 6.07) is 8.42. The van der Waals surface area contributed by atoms with Gasteiger partial charge in [-0.25, -0.2) is 8.42 Å². The van der Waals surface area contributed by atoms with E-state index in [9.17, 15) is 23.3 Å². The number of nitrogens with zero attached hydrogens (tertiary/aromatic N) is 1. The van der Waals surface area contributed by atoms with Gasteiger partial charge in [0.1, 0.15) is 0 Å².